The molecule has 4 nitrogen and oxygen atoms in total. The topological polar surface area (TPSA) is 57.6 Å². The van der Waals surface area contributed by atoms with Gasteiger partial charge >= 0.3 is 0 Å². The molecule has 0 radical (unpaired) electrons. The SMILES string of the molecule is CC(C)CCN(C)S(=O)(=O)c1ccc(CCCO)cc1. The van der Waals surface area contributed by atoms with E-state index in [4.69, 9.17) is 5.11 Å². The Morgan fingerprint density at radius 1 is 1.20 bits per heavy atom. The monoisotopic (exact) mass is 299 g/mol. The number of aryl methyl sites for hydroxylation is 1. The van der Waals surface area contributed by atoms with Gasteiger partial charge in [0.25, 0.3) is 0 Å². The predicted octanol–water partition coefficient (Wildman–Crippen LogP) is 2.28. The fraction of sp³-hybridized carbons (Fsp3) is 0.600. The molecule has 5 heteroatoms. The minimum Gasteiger partial charge on any atom is -0.396 e. The summed E-state index contributed by atoms with van der Waals surface area (Å²) in [4.78, 5) is 0.330. The lowest BCUT2D eigenvalue weighted by molar-refractivity contribution is 0.288. The number of nitrogens with zero attached hydrogens (tertiary/aromatic N) is 1. The van der Waals surface area contributed by atoms with Crippen molar-refractivity contribution in [2.24, 2.45) is 5.92 Å². The second kappa shape index (κ2) is 7.76. The van der Waals surface area contributed by atoms with E-state index in [9.17, 15) is 8.42 Å². The molecule has 0 heterocycles. The van der Waals surface area contributed by atoms with Crippen LogP contribution >= 0.6 is 0 Å². The maximum Gasteiger partial charge on any atom is 0.242 e. The molecule has 0 spiro atoms. The standard InChI is InChI=1S/C15H25NO3S/c1-13(2)10-11-16(3)20(18,19)15-8-6-14(7-9-15)5-4-12-17/h6-9,13,17H,4-5,10-12H2,1-3H3. The van der Waals surface area contributed by atoms with Crippen molar-refractivity contribution < 1.29 is 13.5 Å². The average Bonchev–Trinajstić information content (AvgIpc) is 2.42. The van der Waals surface area contributed by atoms with Crippen LogP contribution in [0.5, 0.6) is 0 Å². The molecule has 114 valence electrons. The van der Waals surface area contributed by atoms with Gasteiger partial charge < -0.3 is 5.11 Å². The molecule has 0 bridgehead atoms. The summed E-state index contributed by atoms with van der Waals surface area (Å²) in [6.45, 7) is 4.84. The van der Waals surface area contributed by atoms with Crippen molar-refractivity contribution in [2.75, 3.05) is 20.2 Å². The number of benzene rings is 1. The molecule has 0 amide bonds. The molecule has 0 aliphatic rings. The minimum absolute atomic E-state index is 0.151. The molecular weight excluding hydrogens is 274 g/mol. The summed E-state index contributed by atoms with van der Waals surface area (Å²) in [5.41, 5.74) is 1.04. The van der Waals surface area contributed by atoms with Gasteiger partial charge in [-0.2, -0.15) is 0 Å². The summed E-state index contributed by atoms with van der Waals surface area (Å²) in [5, 5.41) is 8.79. The Bertz CT molecular complexity index is 494. The lowest BCUT2D eigenvalue weighted by Crippen LogP contribution is -2.28. The second-order valence-corrected chi connectivity index (χ2v) is 7.53. The molecule has 0 aromatic heterocycles. The first-order chi connectivity index (χ1) is 9.37. The normalized spacial score (nSPS) is 12.3. The Morgan fingerprint density at radius 3 is 2.30 bits per heavy atom. The van der Waals surface area contributed by atoms with Crippen LogP contribution in [-0.4, -0.2) is 38.0 Å². The number of aliphatic hydroxyl groups excluding tert-OH is 1. The number of rotatable bonds is 8. The highest BCUT2D eigenvalue weighted by Gasteiger charge is 2.20. The zero-order chi connectivity index (χ0) is 15.2. The van der Waals surface area contributed by atoms with Crippen LogP contribution in [0.1, 0.15) is 32.3 Å². The van der Waals surface area contributed by atoms with Gasteiger partial charge in [-0.15, -0.1) is 0 Å². The first-order valence-electron chi connectivity index (χ1n) is 7.04. The molecule has 0 unspecified atom stereocenters. The number of hydrogen-bond acceptors (Lipinski definition) is 3. The van der Waals surface area contributed by atoms with E-state index in [-0.39, 0.29) is 6.61 Å². The Balaban J connectivity index is 2.76. The van der Waals surface area contributed by atoms with Crippen molar-refractivity contribution in [2.45, 2.75) is 38.0 Å². The maximum absolute atomic E-state index is 12.4. The Hall–Kier alpha value is -0.910. The van der Waals surface area contributed by atoms with Crippen molar-refractivity contribution in [3.63, 3.8) is 0 Å². The largest absolute Gasteiger partial charge is 0.396 e. The second-order valence-electron chi connectivity index (χ2n) is 5.48. The predicted molar refractivity (Wildman–Crippen MR) is 81.1 cm³/mol. The van der Waals surface area contributed by atoms with Crippen molar-refractivity contribution in [1.82, 2.24) is 4.31 Å². The highest BCUT2D eigenvalue weighted by atomic mass is 32.2. The van der Waals surface area contributed by atoms with Gasteiger partial charge in [-0.1, -0.05) is 26.0 Å². The number of aliphatic hydroxyl groups is 1. The lowest BCUT2D eigenvalue weighted by atomic mass is 10.1. The molecule has 1 aromatic rings. The lowest BCUT2D eigenvalue weighted by Gasteiger charge is -2.18. The third-order valence-corrected chi connectivity index (χ3v) is 5.15. The van der Waals surface area contributed by atoms with Gasteiger partial charge in [-0.05, 0) is 42.9 Å². The summed E-state index contributed by atoms with van der Waals surface area (Å²) in [7, 11) is -1.77. The number of sulfonamides is 1. The molecule has 0 aliphatic carbocycles. The van der Waals surface area contributed by atoms with Crippen LogP contribution in [0.3, 0.4) is 0 Å². The van der Waals surface area contributed by atoms with Crippen molar-refractivity contribution >= 4 is 10.0 Å². The molecule has 0 saturated heterocycles. The van der Waals surface area contributed by atoms with E-state index in [1.807, 2.05) is 12.1 Å². The Labute approximate surface area is 122 Å². The van der Waals surface area contributed by atoms with E-state index < -0.39 is 10.0 Å². The third kappa shape index (κ3) is 4.89. The van der Waals surface area contributed by atoms with Crippen LogP contribution < -0.4 is 0 Å². The third-order valence-electron chi connectivity index (χ3n) is 3.28. The molecule has 0 aliphatic heterocycles. The smallest absolute Gasteiger partial charge is 0.242 e. The van der Waals surface area contributed by atoms with Crippen LogP contribution in [0.25, 0.3) is 0 Å². The average molecular weight is 299 g/mol. The summed E-state index contributed by atoms with van der Waals surface area (Å²) in [6, 6.07) is 6.93. The van der Waals surface area contributed by atoms with Crippen LogP contribution in [0.2, 0.25) is 0 Å². The molecule has 0 atom stereocenters. The molecule has 20 heavy (non-hydrogen) atoms. The highest BCUT2D eigenvalue weighted by Crippen LogP contribution is 2.17. The zero-order valence-electron chi connectivity index (χ0n) is 12.5. The molecule has 1 rings (SSSR count). The van der Waals surface area contributed by atoms with E-state index >= 15 is 0 Å². The summed E-state index contributed by atoms with van der Waals surface area (Å²) >= 11 is 0. The minimum atomic E-state index is -3.39. The Morgan fingerprint density at radius 2 is 1.80 bits per heavy atom. The van der Waals surface area contributed by atoms with Crippen LogP contribution in [0, 0.1) is 5.92 Å². The zero-order valence-corrected chi connectivity index (χ0v) is 13.4. The van der Waals surface area contributed by atoms with Gasteiger partial charge in [0.15, 0.2) is 0 Å². The fourth-order valence-corrected chi connectivity index (χ4v) is 3.04. The summed E-state index contributed by atoms with van der Waals surface area (Å²) < 4.78 is 26.1. The van der Waals surface area contributed by atoms with E-state index in [0.717, 1.165) is 18.4 Å². The van der Waals surface area contributed by atoms with Gasteiger partial charge in [-0.3, -0.25) is 0 Å². The molecular formula is C15H25NO3S. The maximum atomic E-state index is 12.4. The van der Waals surface area contributed by atoms with Crippen molar-refractivity contribution in [1.29, 1.82) is 0 Å². The van der Waals surface area contributed by atoms with Gasteiger partial charge in [0.2, 0.25) is 10.0 Å². The van der Waals surface area contributed by atoms with Crippen LogP contribution in [0.4, 0.5) is 0 Å². The van der Waals surface area contributed by atoms with Crippen LogP contribution in [-0.2, 0) is 16.4 Å². The van der Waals surface area contributed by atoms with Gasteiger partial charge in [-0.25, -0.2) is 12.7 Å². The highest BCUT2D eigenvalue weighted by molar-refractivity contribution is 7.89. The number of hydrogen-bond donors (Lipinski definition) is 1. The molecule has 0 saturated carbocycles. The van der Waals surface area contributed by atoms with Crippen molar-refractivity contribution in [3.05, 3.63) is 29.8 Å². The summed E-state index contributed by atoms with van der Waals surface area (Å²) in [6.07, 6.45) is 2.31. The van der Waals surface area contributed by atoms with E-state index in [1.54, 1.807) is 19.2 Å². The van der Waals surface area contributed by atoms with Gasteiger partial charge in [0.05, 0.1) is 4.90 Å². The molecule has 1 N–H and O–H groups in total. The fourth-order valence-electron chi connectivity index (χ4n) is 1.85. The molecule has 1 aromatic carbocycles. The van der Waals surface area contributed by atoms with Gasteiger partial charge in [0.1, 0.15) is 0 Å². The van der Waals surface area contributed by atoms with E-state index in [0.29, 0.717) is 23.8 Å². The first-order valence-corrected chi connectivity index (χ1v) is 8.48. The summed E-state index contributed by atoms with van der Waals surface area (Å²) in [5.74, 6) is 0.480. The quantitative estimate of drug-likeness (QED) is 0.801. The van der Waals surface area contributed by atoms with E-state index in [1.165, 1.54) is 4.31 Å². The van der Waals surface area contributed by atoms with Crippen LogP contribution in [0.15, 0.2) is 29.2 Å². The van der Waals surface area contributed by atoms with Gasteiger partial charge in [0, 0.05) is 20.2 Å². The first kappa shape index (κ1) is 17.1. The Kier molecular flexibility index (Phi) is 6.65. The van der Waals surface area contributed by atoms with Crippen molar-refractivity contribution in [3.8, 4) is 0 Å². The molecule has 0 fully saturated rings. The van der Waals surface area contributed by atoms with E-state index in [2.05, 4.69) is 13.8 Å².